The maximum Gasteiger partial charge on any atom is 0.375 e. The van der Waals surface area contributed by atoms with Crippen molar-refractivity contribution >= 4 is 28.0 Å². The van der Waals surface area contributed by atoms with Crippen LogP contribution in [-0.2, 0) is 0 Å². The van der Waals surface area contributed by atoms with Gasteiger partial charge >= 0.3 is 5.82 Å². The number of carbonyl (C=O) groups is 1. The Bertz CT molecular complexity index is 425. The highest BCUT2D eigenvalue weighted by atomic mass is 79.9. The average Bonchev–Trinajstić information content (AvgIpc) is 2.16. The van der Waals surface area contributed by atoms with Crippen LogP contribution < -0.4 is 0 Å². The number of nitro groups is 1. The molecule has 0 aliphatic carbocycles. The second kappa shape index (κ2) is 4.39. The van der Waals surface area contributed by atoms with Crippen molar-refractivity contribution in [3.8, 4) is 0 Å². The highest BCUT2D eigenvalue weighted by Gasteiger charge is 2.25. The number of carbonyl (C=O) groups excluding carboxylic acids is 1. The molecule has 1 aromatic heterocycles. The van der Waals surface area contributed by atoms with E-state index >= 15 is 0 Å². The molecule has 15 heavy (non-hydrogen) atoms. The molecule has 0 radical (unpaired) electrons. The van der Waals surface area contributed by atoms with Crippen LogP contribution in [0.3, 0.4) is 0 Å². The van der Waals surface area contributed by atoms with Gasteiger partial charge in [0, 0.05) is 4.47 Å². The molecule has 1 aromatic rings. The highest BCUT2D eigenvalue weighted by molar-refractivity contribution is 9.10. The summed E-state index contributed by atoms with van der Waals surface area (Å²) in [6, 6.07) is 0. The maximum atomic E-state index is 12.3. The summed E-state index contributed by atoms with van der Waals surface area (Å²) >= 11 is 2.71. The molecule has 0 bridgehead atoms. The summed E-state index contributed by atoms with van der Waals surface area (Å²) in [4.78, 5) is 23.2. The first-order valence-electron chi connectivity index (χ1n) is 3.55. The van der Waals surface area contributed by atoms with E-state index in [0.717, 1.165) is 0 Å². The summed E-state index contributed by atoms with van der Waals surface area (Å²) in [7, 11) is 0. The van der Waals surface area contributed by atoms with Gasteiger partial charge < -0.3 is 10.1 Å². The molecule has 0 unspecified atom stereocenters. The zero-order chi connectivity index (χ0) is 11.6. The number of hydrogen-bond acceptors (Lipinski definition) is 4. The number of rotatable bonds is 3. The Kier molecular flexibility index (Phi) is 3.40. The fourth-order valence-corrected chi connectivity index (χ4v) is 1.46. The molecule has 0 N–H and O–H groups in total. The van der Waals surface area contributed by atoms with Crippen LogP contribution in [0.2, 0.25) is 0 Å². The zero-order valence-corrected chi connectivity index (χ0v) is 8.57. The quantitative estimate of drug-likeness (QED) is 0.484. The third-order valence-electron chi connectivity index (χ3n) is 1.58. The van der Waals surface area contributed by atoms with Crippen molar-refractivity contribution in [1.29, 1.82) is 0 Å². The van der Waals surface area contributed by atoms with E-state index in [0.29, 0.717) is 6.20 Å². The largest absolute Gasteiger partial charge is 0.375 e. The van der Waals surface area contributed by atoms with Crippen LogP contribution in [0, 0.1) is 10.1 Å². The van der Waals surface area contributed by atoms with Crippen molar-refractivity contribution < 1.29 is 18.5 Å². The third-order valence-corrected chi connectivity index (χ3v) is 2.47. The Morgan fingerprint density at radius 1 is 1.60 bits per heavy atom. The predicted octanol–water partition coefficient (Wildman–Crippen LogP) is 2.50. The molecule has 0 aromatic carbocycles. The monoisotopic (exact) mass is 280 g/mol. The zero-order valence-electron chi connectivity index (χ0n) is 6.99. The summed E-state index contributed by atoms with van der Waals surface area (Å²) < 4.78 is 24.3. The lowest BCUT2D eigenvalue weighted by Gasteiger charge is -2.03. The Labute approximate surface area is 90.4 Å². The number of aromatic nitrogens is 1. The van der Waals surface area contributed by atoms with Crippen LogP contribution in [0.25, 0.3) is 0 Å². The van der Waals surface area contributed by atoms with E-state index in [2.05, 4.69) is 20.9 Å². The van der Waals surface area contributed by atoms with Crippen molar-refractivity contribution in [2.45, 2.75) is 6.43 Å². The lowest BCUT2D eigenvalue weighted by Crippen LogP contribution is -2.02. The Balaban J connectivity index is 3.45. The molecule has 0 aliphatic heterocycles. The van der Waals surface area contributed by atoms with Crippen molar-refractivity contribution in [2.24, 2.45) is 0 Å². The molecule has 0 fully saturated rings. The van der Waals surface area contributed by atoms with Crippen LogP contribution in [0.5, 0.6) is 0 Å². The number of nitrogens with zero attached hydrogens (tertiary/aromatic N) is 2. The van der Waals surface area contributed by atoms with Gasteiger partial charge in [-0.05, 0) is 25.8 Å². The van der Waals surface area contributed by atoms with Gasteiger partial charge in [-0.25, -0.2) is 8.78 Å². The molecule has 1 rings (SSSR count). The molecule has 80 valence electrons. The molecule has 0 saturated carbocycles. The molecule has 0 aliphatic rings. The fraction of sp³-hybridized carbons (Fsp3) is 0.143. The summed E-state index contributed by atoms with van der Waals surface area (Å²) in [5, 5.41) is 10.4. The molecule has 1 heterocycles. The first-order chi connectivity index (χ1) is 6.99. The van der Waals surface area contributed by atoms with E-state index in [1.54, 1.807) is 0 Å². The van der Waals surface area contributed by atoms with Gasteiger partial charge in [0.2, 0.25) is 0 Å². The number of alkyl halides is 2. The van der Waals surface area contributed by atoms with E-state index < -0.39 is 28.3 Å². The Hall–Kier alpha value is -1.44. The van der Waals surface area contributed by atoms with E-state index in [1.165, 1.54) is 0 Å². The highest BCUT2D eigenvalue weighted by Crippen LogP contribution is 2.32. The molecule has 0 atom stereocenters. The Morgan fingerprint density at radius 3 is 2.60 bits per heavy atom. The standard InChI is InChI=1S/C7H3BrF2N2O3/c8-5-3(6(9)10)1-11-7(12(14)15)4(5)2-13/h1-2,6H. The predicted molar refractivity (Wildman–Crippen MR) is 48.9 cm³/mol. The summed E-state index contributed by atoms with van der Waals surface area (Å²) in [5.41, 5.74) is -1.04. The lowest BCUT2D eigenvalue weighted by atomic mass is 10.2. The van der Waals surface area contributed by atoms with Crippen LogP contribution in [0.1, 0.15) is 22.3 Å². The molecular weight excluding hydrogens is 278 g/mol. The lowest BCUT2D eigenvalue weighted by molar-refractivity contribution is -0.389. The number of hydrogen-bond donors (Lipinski definition) is 0. The van der Waals surface area contributed by atoms with Crippen LogP contribution in [-0.4, -0.2) is 16.2 Å². The van der Waals surface area contributed by atoms with Gasteiger partial charge in [-0.3, -0.25) is 4.79 Å². The van der Waals surface area contributed by atoms with Gasteiger partial charge in [0.1, 0.15) is 11.8 Å². The van der Waals surface area contributed by atoms with Gasteiger partial charge in [0.15, 0.2) is 6.29 Å². The molecule has 0 amide bonds. The van der Waals surface area contributed by atoms with Crippen molar-refractivity contribution in [1.82, 2.24) is 4.98 Å². The molecule has 8 heteroatoms. The SMILES string of the molecule is O=Cc1c([N+](=O)[O-])ncc(C(F)F)c1Br. The molecule has 5 nitrogen and oxygen atoms in total. The van der Waals surface area contributed by atoms with Crippen LogP contribution in [0.4, 0.5) is 14.6 Å². The molecule has 0 saturated heterocycles. The minimum atomic E-state index is -2.86. The first-order valence-corrected chi connectivity index (χ1v) is 4.34. The van der Waals surface area contributed by atoms with Gasteiger partial charge in [-0.2, -0.15) is 0 Å². The van der Waals surface area contributed by atoms with Crippen molar-refractivity contribution in [3.63, 3.8) is 0 Å². The van der Waals surface area contributed by atoms with Gasteiger partial charge in [-0.15, -0.1) is 0 Å². The Morgan fingerprint density at radius 2 is 2.20 bits per heavy atom. The number of pyridine rings is 1. The second-order valence-corrected chi connectivity index (χ2v) is 3.23. The summed E-state index contributed by atoms with van der Waals surface area (Å²) in [6.45, 7) is 0. The topological polar surface area (TPSA) is 73.1 Å². The smallest absolute Gasteiger partial charge is 0.358 e. The van der Waals surface area contributed by atoms with Gasteiger partial charge in [0.05, 0.1) is 5.56 Å². The third kappa shape index (κ3) is 2.14. The van der Waals surface area contributed by atoms with E-state index in [-0.39, 0.29) is 10.8 Å². The molecule has 0 spiro atoms. The number of aldehydes is 1. The van der Waals surface area contributed by atoms with E-state index in [1.807, 2.05) is 0 Å². The molecular formula is C7H3BrF2N2O3. The fourth-order valence-electron chi connectivity index (χ4n) is 0.913. The minimum absolute atomic E-state index is 0.112. The summed E-state index contributed by atoms with van der Waals surface area (Å²) in [6.07, 6.45) is -2.08. The van der Waals surface area contributed by atoms with E-state index in [4.69, 9.17) is 0 Å². The average molecular weight is 281 g/mol. The second-order valence-electron chi connectivity index (χ2n) is 2.44. The number of halogens is 3. The van der Waals surface area contributed by atoms with Gasteiger partial charge in [-0.1, -0.05) is 0 Å². The van der Waals surface area contributed by atoms with Crippen molar-refractivity contribution in [3.05, 3.63) is 31.9 Å². The minimum Gasteiger partial charge on any atom is -0.358 e. The maximum absolute atomic E-state index is 12.3. The normalized spacial score (nSPS) is 10.4. The van der Waals surface area contributed by atoms with Gasteiger partial charge in [0.25, 0.3) is 6.43 Å². The summed E-state index contributed by atoms with van der Waals surface area (Å²) in [5.74, 6) is -0.749. The first kappa shape index (κ1) is 11.6. The van der Waals surface area contributed by atoms with E-state index in [9.17, 15) is 23.7 Å². The van der Waals surface area contributed by atoms with Crippen LogP contribution >= 0.6 is 15.9 Å². The van der Waals surface area contributed by atoms with Crippen LogP contribution in [0.15, 0.2) is 10.7 Å². The van der Waals surface area contributed by atoms with Crippen molar-refractivity contribution in [2.75, 3.05) is 0 Å².